The summed E-state index contributed by atoms with van der Waals surface area (Å²) in [7, 11) is 1.97. The molecule has 4 heteroatoms. The second-order valence-corrected chi connectivity index (χ2v) is 4.46. The molecule has 0 aliphatic heterocycles. The van der Waals surface area contributed by atoms with Gasteiger partial charge in [0.1, 0.15) is 0 Å². The van der Waals surface area contributed by atoms with E-state index in [2.05, 4.69) is 19.2 Å². The van der Waals surface area contributed by atoms with E-state index in [-0.39, 0.29) is 0 Å². The van der Waals surface area contributed by atoms with Crippen molar-refractivity contribution in [2.45, 2.75) is 19.9 Å². The molecule has 0 aliphatic rings. The lowest BCUT2D eigenvalue weighted by Gasteiger charge is -2.24. The molecule has 1 aromatic carbocycles. The van der Waals surface area contributed by atoms with Gasteiger partial charge in [0.2, 0.25) is 0 Å². The number of rotatable bonds is 2. The van der Waals surface area contributed by atoms with Crippen LogP contribution in [0.5, 0.6) is 0 Å². The lowest BCUT2D eigenvalue weighted by molar-refractivity contribution is 0.423. The average Bonchev–Trinajstić information content (AvgIpc) is 2.20. The van der Waals surface area contributed by atoms with Crippen molar-refractivity contribution >= 4 is 34.6 Å². The summed E-state index contributed by atoms with van der Waals surface area (Å²) in [5, 5.41) is 4.59. The number of nitrogens with one attached hydrogen (secondary N) is 1. The molecule has 0 radical (unpaired) electrons. The number of benzene rings is 1. The molecule has 0 bridgehead atoms. The van der Waals surface area contributed by atoms with Gasteiger partial charge in [0.25, 0.3) is 0 Å². The van der Waals surface area contributed by atoms with Crippen LogP contribution < -0.4 is 5.32 Å². The van der Waals surface area contributed by atoms with Gasteiger partial charge in [-0.3, -0.25) is 0 Å². The van der Waals surface area contributed by atoms with Crippen LogP contribution in [0.25, 0.3) is 0 Å². The molecule has 2 nitrogen and oxygen atoms in total. The highest BCUT2D eigenvalue weighted by Crippen LogP contribution is 2.14. The molecule has 0 amide bonds. The van der Waals surface area contributed by atoms with Gasteiger partial charge in [-0.05, 0) is 50.3 Å². The molecule has 0 aliphatic carbocycles. The Morgan fingerprint density at radius 3 is 2.33 bits per heavy atom. The highest BCUT2D eigenvalue weighted by molar-refractivity contribution is 7.80. The Morgan fingerprint density at radius 1 is 1.33 bits per heavy atom. The van der Waals surface area contributed by atoms with Crippen LogP contribution in [0.4, 0.5) is 5.69 Å². The van der Waals surface area contributed by atoms with Crippen molar-refractivity contribution in [1.29, 1.82) is 0 Å². The quantitative estimate of drug-likeness (QED) is 0.801. The maximum Gasteiger partial charge on any atom is 0.173 e. The van der Waals surface area contributed by atoms with Gasteiger partial charge >= 0.3 is 0 Å². The highest BCUT2D eigenvalue weighted by atomic mass is 35.5. The summed E-state index contributed by atoms with van der Waals surface area (Å²) in [6, 6.07) is 7.87. The smallest absolute Gasteiger partial charge is 0.173 e. The van der Waals surface area contributed by atoms with Crippen molar-refractivity contribution in [3.8, 4) is 0 Å². The molecule has 0 heterocycles. The SMILES string of the molecule is CC(C)N(C)C(=S)Nc1ccc(Cl)cc1. The van der Waals surface area contributed by atoms with Gasteiger partial charge in [-0.25, -0.2) is 0 Å². The molecule has 15 heavy (non-hydrogen) atoms. The molecule has 0 saturated heterocycles. The molecule has 1 aromatic rings. The first-order chi connectivity index (χ1) is 7.00. The summed E-state index contributed by atoms with van der Waals surface area (Å²) in [6.45, 7) is 4.19. The predicted molar refractivity (Wildman–Crippen MR) is 70.6 cm³/mol. The van der Waals surface area contributed by atoms with Crippen LogP contribution in [0.1, 0.15) is 13.8 Å². The average molecular weight is 243 g/mol. The number of anilines is 1. The fourth-order valence-corrected chi connectivity index (χ4v) is 1.43. The molecule has 0 aromatic heterocycles. The van der Waals surface area contributed by atoms with Gasteiger partial charge < -0.3 is 10.2 Å². The van der Waals surface area contributed by atoms with Gasteiger partial charge in [-0.15, -0.1) is 0 Å². The molecule has 0 unspecified atom stereocenters. The highest BCUT2D eigenvalue weighted by Gasteiger charge is 2.07. The van der Waals surface area contributed by atoms with E-state index >= 15 is 0 Å². The van der Waals surface area contributed by atoms with Crippen LogP contribution in [-0.4, -0.2) is 23.1 Å². The molecule has 1 rings (SSSR count). The third-order valence-electron chi connectivity index (χ3n) is 2.19. The van der Waals surface area contributed by atoms with Crippen LogP contribution >= 0.6 is 23.8 Å². The fraction of sp³-hybridized carbons (Fsp3) is 0.364. The Labute approximate surface area is 101 Å². The zero-order valence-corrected chi connectivity index (χ0v) is 10.7. The van der Waals surface area contributed by atoms with Crippen molar-refractivity contribution in [3.05, 3.63) is 29.3 Å². The summed E-state index contributed by atoms with van der Waals surface area (Å²) in [4.78, 5) is 2.00. The van der Waals surface area contributed by atoms with Crippen molar-refractivity contribution in [1.82, 2.24) is 4.90 Å². The van der Waals surface area contributed by atoms with Crippen LogP contribution in [0.3, 0.4) is 0 Å². The molecule has 82 valence electrons. The Hall–Kier alpha value is -0.800. The predicted octanol–water partition coefficient (Wildman–Crippen LogP) is 3.38. The molecule has 0 saturated carbocycles. The lowest BCUT2D eigenvalue weighted by atomic mass is 10.3. The Bertz CT molecular complexity index is 335. The molecule has 1 N–H and O–H groups in total. The molecular formula is C11H15ClN2S. The molecule has 0 atom stereocenters. The topological polar surface area (TPSA) is 15.3 Å². The maximum atomic E-state index is 5.79. The van der Waals surface area contributed by atoms with Crippen molar-refractivity contribution in [2.75, 3.05) is 12.4 Å². The van der Waals surface area contributed by atoms with Gasteiger partial charge in [0, 0.05) is 23.8 Å². The first kappa shape index (κ1) is 12.3. The summed E-state index contributed by atoms with van der Waals surface area (Å²) in [5.41, 5.74) is 0.955. The number of hydrogen-bond donors (Lipinski definition) is 1. The van der Waals surface area contributed by atoms with E-state index in [9.17, 15) is 0 Å². The van der Waals surface area contributed by atoms with Crippen molar-refractivity contribution in [3.63, 3.8) is 0 Å². The van der Waals surface area contributed by atoms with E-state index in [0.717, 1.165) is 10.7 Å². The summed E-state index contributed by atoms with van der Waals surface area (Å²) >= 11 is 11.0. The number of thiocarbonyl (C=S) groups is 1. The Morgan fingerprint density at radius 2 is 1.87 bits per heavy atom. The normalized spacial score (nSPS) is 10.2. The Balaban J connectivity index is 2.62. The van der Waals surface area contributed by atoms with Gasteiger partial charge in [0.15, 0.2) is 5.11 Å². The van der Waals surface area contributed by atoms with Gasteiger partial charge in [-0.1, -0.05) is 11.6 Å². The monoisotopic (exact) mass is 242 g/mol. The summed E-state index contributed by atoms with van der Waals surface area (Å²) in [5.74, 6) is 0. The minimum Gasteiger partial charge on any atom is -0.350 e. The molecular weight excluding hydrogens is 228 g/mol. The van der Waals surface area contributed by atoms with Crippen molar-refractivity contribution < 1.29 is 0 Å². The largest absolute Gasteiger partial charge is 0.350 e. The number of nitrogens with zero attached hydrogens (tertiary/aromatic N) is 1. The minimum absolute atomic E-state index is 0.386. The van der Waals surface area contributed by atoms with Crippen LogP contribution in [0.2, 0.25) is 5.02 Å². The second kappa shape index (κ2) is 5.33. The lowest BCUT2D eigenvalue weighted by Crippen LogP contribution is -2.36. The van der Waals surface area contributed by atoms with Gasteiger partial charge in [-0.2, -0.15) is 0 Å². The van der Waals surface area contributed by atoms with E-state index in [4.69, 9.17) is 23.8 Å². The van der Waals surface area contributed by atoms with E-state index in [0.29, 0.717) is 11.2 Å². The van der Waals surface area contributed by atoms with Crippen LogP contribution in [0.15, 0.2) is 24.3 Å². The summed E-state index contributed by atoms with van der Waals surface area (Å²) in [6.07, 6.45) is 0. The first-order valence-electron chi connectivity index (χ1n) is 4.80. The first-order valence-corrected chi connectivity index (χ1v) is 5.58. The van der Waals surface area contributed by atoms with E-state index < -0.39 is 0 Å². The van der Waals surface area contributed by atoms with E-state index in [1.807, 2.05) is 36.2 Å². The Kier molecular flexibility index (Phi) is 4.36. The third-order valence-corrected chi connectivity index (χ3v) is 2.83. The minimum atomic E-state index is 0.386. The maximum absolute atomic E-state index is 5.79. The van der Waals surface area contributed by atoms with E-state index in [1.165, 1.54) is 0 Å². The molecule has 0 spiro atoms. The van der Waals surface area contributed by atoms with Crippen molar-refractivity contribution in [2.24, 2.45) is 0 Å². The van der Waals surface area contributed by atoms with Crippen LogP contribution in [0, 0.1) is 0 Å². The zero-order valence-electron chi connectivity index (χ0n) is 9.12. The second-order valence-electron chi connectivity index (χ2n) is 3.64. The number of hydrogen-bond acceptors (Lipinski definition) is 1. The van der Waals surface area contributed by atoms with E-state index in [1.54, 1.807) is 0 Å². The van der Waals surface area contributed by atoms with Crippen LogP contribution in [-0.2, 0) is 0 Å². The molecule has 0 fully saturated rings. The summed E-state index contributed by atoms with van der Waals surface area (Å²) < 4.78 is 0. The van der Waals surface area contributed by atoms with Gasteiger partial charge in [0.05, 0.1) is 0 Å². The fourth-order valence-electron chi connectivity index (χ4n) is 0.979. The standard InChI is InChI=1S/C11H15ClN2S/c1-8(2)14(3)11(15)13-10-6-4-9(12)5-7-10/h4-8H,1-3H3,(H,13,15). The number of halogens is 1. The zero-order chi connectivity index (χ0) is 11.4. The third kappa shape index (κ3) is 3.68.